The van der Waals surface area contributed by atoms with Gasteiger partial charge in [-0.05, 0) is 30.3 Å². The van der Waals surface area contributed by atoms with Crippen molar-refractivity contribution in [2.24, 2.45) is 0 Å². The number of fused-ring (bicyclic) bond motifs is 2. The Morgan fingerprint density at radius 2 is 1.56 bits per heavy atom. The van der Waals surface area contributed by atoms with E-state index in [9.17, 15) is 0 Å². The van der Waals surface area contributed by atoms with Gasteiger partial charge < -0.3 is 9.97 Å². The molecule has 0 radical (unpaired) electrons. The minimum Gasteiger partial charge on any atom is -0.353 e. The van der Waals surface area contributed by atoms with Crippen LogP contribution in [0.2, 0.25) is 0 Å². The molecule has 86 valence electrons. The van der Waals surface area contributed by atoms with Crippen molar-refractivity contribution in [3.63, 3.8) is 0 Å². The molecule has 3 nitrogen and oxygen atoms in total. The molecule has 0 saturated heterocycles. The molecule has 0 bridgehead atoms. The summed E-state index contributed by atoms with van der Waals surface area (Å²) in [6, 6.07) is 16.6. The lowest BCUT2D eigenvalue weighted by molar-refractivity contribution is 1.31. The monoisotopic (exact) mass is 233 g/mol. The Bertz CT molecular complexity index is 701. The smallest absolute Gasteiger partial charge is 0.137 e. The quantitative estimate of drug-likeness (QED) is 0.517. The molecule has 3 aromatic heterocycles. The second-order valence-electron chi connectivity index (χ2n) is 4.39. The summed E-state index contributed by atoms with van der Waals surface area (Å²) in [7, 11) is 0. The van der Waals surface area contributed by atoms with E-state index >= 15 is 0 Å². The molecule has 0 fully saturated rings. The lowest BCUT2D eigenvalue weighted by Crippen LogP contribution is -1.76. The fourth-order valence-electron chi connectivity index (χ4n) is 2.32. The summed E-state index contributed by atoms with van der Waals surface area (Å²) in [6.07, 6.45) is 1.80. The van der Waals surface area contributed by atoms with E-state index in [0.717, 1.165) is 27.9 Å². The minimum atomic E-state index is 0.922. The molecule has 0 aliphatic rings. The van der Waals surface area contributed by atoms with Crippen LogP contribution in [-0.2, 0) is 0 Å². The maximum atomic E-state index is 4.31. The minimum absolute atomic E-state index is 0.922. The standard InChI is InChI=1S/C15H11N3/c1-2-6-12-10(4-1)8-13(17-12)14-9-11-5-3-7-16-15(11)18-14/h1-9,17H,(H,16,18). The Labute approximate surface area is 103 Å². The molecule has 18 heavy (non-hydrogen) atoms. The van der Waals surface area contributed by atoms with Gasteiger partial charge in [0.15, 0.2) is 0 Å². The zero-order chi connectivity index (χ0) is 11.9. The second-order valence-corrected chi connectivity index (χ2v) is 4.39. The van der Waals surface area contributed by atoms with E-state index in [4.69, 9.17) is 0 Å². The van der Waals surface area contributed by atoms with Gasteiger partial charge in [0.1, 0.15) is 5.65 Å². The third-order valence-corrected chi connectivity index (χ3v) is 3.21. The van der Waals surface area contributed by atoms with E-state index in [1.54, 1.807) is 6.20 Å². The largest absolute Gasteiger partial charge is 0.353 e. The number of aromatic nitrogens is 3. The molecule has 0 aliphatic heterocycles. The van der Waals surface area contributed by atoms with Gasteiger partial charge in [-0.3, -0.25) is 0 Å². The van der Waals surface area contributed by atoms with Gasteiger partial charge in [-0.1, -0.05) is 18.2 Å². The average Bonchev–Trinajstić information content (AvgIpc) is 3.02. The number of benzene rings is 1. The summed E-state index contributed by atoms with van der Waals surface area (Å²) >= 11 is 0. The van der Waals surface area contributed by atoms with Crippen LogP contribution in [0.25, 0.3) is 33.3 Å². The van der Waals surface area contributed by atoms with Gasteiger partial charge in [-0.25, -0.2) is 4.98 Å². The van der Waals surface area contributed by atoms with Gasteiger partial charge in [0.05, 0.1) is 11.4 Å². The van der Waals surface area contributed by atoms with Crippen LogP contribution in [0.1, 0.15) is 0 Å². The molecular weight excluding hydrogens is 222 g/mol. The highest BCUT2D eigenvalue weighted by Crippen LogP contribution is 2.25. The SMILES string of the molecule is c1ccc2[nH]c(-c3cc4cccnc4[nH]3)cc2c1. The normalized spacial score (nSPS) is 11.3. The van der Waals surface area contributed by atoms with Crippen molar-refractivity contribution in [2.45, 2.75) is 0 Å². The van der Waals surface area contributed by atoms with Crippen molar-refractivity contribution in [3.05, 3.63) is 54.7 Å². The molecule has 0 amide bonds. The van der Waals surface area contributed by atoms with Crippen molar-refractivity contribution in [2.75, 3.05) is 0 Å². The van der Waals surface area contributed by atoms with E-state index < -0.39 is 0 Å². The predicted octanol–water partition coefficient (Wildman–Crippen LogP) is 3.71. The first-order chi connectivity index (χ1) is 8.90. The molecular formula is C15H11N3. The molecule has 0 atom stereocenters. The second kappa shape index (κ2) is 3.47. The van der Waals surface area contributed by atoms with Gasteiger partial charge in [0, 0.05) is 22.5 Å². The number of pyridine rings is 1. The molecule has 3 heteroatoms. The third kappa shape index (κ3) is 1.34. The summed E-state index contributed by atoms with van der Waals surface area (Å²) in [5.41, 5.74) is 4.24. The van der Waals surface area contributed by atoms with E-state index in [1.807, 2.05) is 18.2 Å². The molecule has 4 aromatic rings. The van der Waals surface area contributed by atoms with Gasteiger partial charge in [0.2, 0.25) is 0 Å². The van der Waals surface area contributed by atoms with Crippen LogP contribution in [0.5, 0.6) is 0 Å². The molecule has 1 aromatic carbocycles. The Morgan fingerprint density at radius 1 is 0.778 bits per heavy atom. The third-order valence-electron chi connectivity index (χ3n) is 3.21. The highest BCUT2D eigenvalue weighted by molar-refractivity contribution is 5.88. The maximum absolute atomic E-state index is 4.31. The van der Waals surface area contributed by atoms with Crippen molar-refractivity contribution in [1.82, 2.24) is 15.0 Å². The lowest BCUT2D eigenvalue weighted by atomic mass is 10.2. The highest BCUT2D eigenvalue weighted by atomic mass is 14.9. The zero-order valence-corrected chi connectivity index (χ0v) is 9.64. The van der Waals surface area contributed by atoms with E-state index in [-0.39, 0.29) is 0 Å². The number of nitrogens with one attached hydrogen (secondary N) is 2. The molecule has 2 N–H and O–H groups in total. The van der Waals surface area contributed by atoms with Crippen molar-refractivity contribution in [1.29, 1.82) is 0 Å². The van der Waals surface area contributed by atoms with Crippen LogP contribution in [0.15, 0.2) is 54.7 Å². The first kappa shape index (κ1) is 9.48. The number of H-pyrrole nitrogens is 2. The molecule has 0 saturated carbocycles. The summed E-state index contributed by atoms with van der Waals surface area (Å²) in [4.78, 5) is 11.1. The predicted molar refractivity (Wildman–Crippen MR) is 73.4 cm³/mol. The number of hydrogen-bond donors (Lipinski definition) is 2. The van der Waals surface area contributed by atoms with Gasteiger partial charge in [-0.15, -0.1) is 0 Å². The van der Waals surface area contributed by atoms with Crippen molar-refractivity contribution in [3.8, 4) is 11.4 Å². The summed E-state index contributed by atoms with van der Waals surface area (Å²) < 4.78 is 0. The summed E-state index contributed by atoms with van der Waals surface area (Å²) in [5.74, 6) is 0. The Kier molecular flexibility index (Phi) is 1.83. The number of aromatic amines is 2. The lowest BCUT2D eigenvalue weighted by Gasteiger charge is -1.90. The van der Waals surface area contributed by atoms with Gasteiger partial charge in [-0.2, -0.15) is 0 Å². The first-order valence-electron chi connectivity index (χ1n) is 5.92. The fraction of sp³-hybridized carbons (Fsp3) is 0. The van der Waals surface area contributed by atoms with Gasteiger partial charge >= 0.3 is 0 Å². The summed E-state index contributed by atoms with van der Waals surface area (Å²) in [5, 5.41) is 2.35. The Hall–Kier alpha value is -2.55. The van der Waals surface area contributed by atoms with E-state index in [1.165, 1.54) is 5.39 Å². The number of para-hydroxylation sites is 1. The molecule has 0 unspecified atom stereocenters. The van der Waals surface area contributed by atoms with Crippen LogP contribution in [0.4, 0.5) is 0 Å². The van der Waals surface area contributed by atoms with Crippen LogP contribution in [0, 0.1) is 0 Å². The van der Waals surface area contributed by atoms with Crippen molar-refractivity contribution < 1.29 is 0 Å². The summed E-state index contributed by atoms with van der Waals surface area (Å²) in [6.45, 7) is 0. The van der Waals surface area contributed by atoms with Crippen LogP contribution >= 0.6 is 0 Å². The Balaban J connectivity index is 1.95. The molecule has 0 spiro atoms. The molecule has 0 aliphatic carbocycles. The Morgan fingerprint density at radius 3 is 2.44 bits per heavy atom. The molecule has 4 rings (SSSR count). The van der Waals surface area contributed by atoms with Crippen LogP contribution in [0.3, 0.4) is 0 Å². The first-order valence-corrected chi connectivity index (χ1v) is 5.92. The van der Waals surface area contributed by atoms with Crippen LogP contribution in [-0.4, -0.2) is 15.0 Å². The highest BCUT2D eigenvalue weighted by Gasteiger charge is 2.06. The number of hydrogen-bond acceptors (Lipinski definition) is 1. The van der Waals surface area contributed by atoms with E-state index in [2.05, 4.69) is 45.3 Å². The van der Waals surface area contributed by atoms with E-state index in [0.29, 0.717) is 0 Å². The number of nitrogens with zero attached hydrogens (tertiary/aromatic N) is 1. The van der Waals surface area contributed by atoms with Gasteiger partial charge in [0.25, 0.3) is 0 Å². The maximum Gasteiger partial charge on any atom is 0.137 e. The average molecular weight is 233 g/mol. The molecule has 3 heterocycles. The fourth-order valence-corrected chi connectivity index (χ4v) is 2.32. The van der Waals surface area contributed by atoms with Crippen molar-refractivity contribution >= 4 is 21.9 Å². The zero-order valence-electron chi connectivity index (χ0n) is 9.64. The van der Waals surface area contributed by atoms with Crippen LogP contribution < -0.4 is 0 Å². The number of rotatable bonds is 1. The topological polar surface area (TPSA) is 44.5 Å².